The van der Waals surface area contributed by atoms with E-state index in [1.165, 1.54) is 0 Å². The molecule has 0 saturated heterocycles. The zero-order valence-corrected chi connectivity index (χ0v) is 11.7. The minimum atomic E-state index is -0.792. The number of nitrogens with zero attached hydrogens (tertiary/aromatic N) is 2. The Kier molecular flexibility index (Phi) is 3.68. The minimum Gasteiger partial charge on any atom is -0.320 e. The van der Waals surface area contributed by atoms with E-state index in [1.54, 1.807) is 24.4 Å². The van der Waals surface area contributed by atoms with E-state index >= 15 is 0 Å². The first-order chi connectivity index (χ1) is 11.1. The molecular formula is C16H10FN3O3. The third-order valence-electron chi connectivity index (χ3n) is 3.28. The molecule has 7 heteroatoms. The summed E-state index contributed by atoms with van der Waals surface area (Å²) in [6.45, 7) is 0. The number of aromatic nitrogens is 1. The van der Waals surface area contributed by atoms with Crippen LogP contribution in [0.5, 0.6) is 0 Å². The molecule has 0 aliphatic heterocycles. The van der Waals surface area contributed by atoms with Crippen LogP contribution < -0.4 is 5.32 Å². The van der Waals surface area contributed by atoms with Crippen LogP contribution in [0, 0.1) is 15.9 Å². The van der Waals surface area contributed by atoms with Gasteiger partial charge in [0.2, 0.25) is 0 Å². The summed E-state index contributed by atoms with van der Waals surface area (Å²) in [5.41, 5.74) is 0.180. The van der Waals surface area contributed by atoms with Gasteiger partial charge in [-0.1, -0.05) is 18.2 Å². The summed E-state index contributed by atoms with van der Waals surface area (Å²) < 4.78 is 13.2. The fraction of sp³-hybridized carbons (Fsp3) is 0. The van der Waals surface area contributed by atoms with E-state index in [9.17, 15) is 19.3 Å². The lowest BCUT2D eigenvalue weighted by atomic mass is 10.1. The fourth-order valence-corrected chi connectivity index (χ4v) is 2.24. The van der Waals surface area contributed by atoms with E-state index in [-0.39, 0.29) is 5.56 Å². The normalized spacial score (nSPS) is 10.5. The summed E-state index contributed by atoms with van der Waals surface area (Å²) in [5.74, 6) is -1.48. The van der Waals surface area contributed by atoms with Crippen molar-refractivity contribution in [2.24, 2.45) is 0 Å². The SMILES string of the molecule is O=C(Nc1cccc2cccnc12)c1ccc(F)cc1[N+](=O)[O-]. The van der Waals surface area contributed by atoms with Gasteiger partial charge in [0.1, 0.15) is 11.4 Å². The highest BCUT2D eigenvalue weighted by atomic mass is 19.1. The first-order valence-corrected chi connectivity index (χ1v) is 6.65. The molecule has 3 aromatic rings. The Labute approximate surface area is 129 Å². The average Bonchev–Trinajstić information content (AvgIpc) is 2.55. The van der Waals surface area contributed by atoms with E-state index in [0.29, 0.717) is 11.2 Å². The molecule has 0 unspecified atom stereocenters. The van der Waals surface area contributed by atoms with Gasteiger partial charge in [0, 0.05) is 11.6 Å². The Morgan fingerprint density at radius 3 is 2.74 bits per heavy atom. The summed E-state index contributed by atoms with van der Waals surface area (Å²) in [7, 11) is 0. The second kappa shape index (κ2) is 5.80. The number of amides is 1. The van der Waals surface area contributed by atoms with Crippen LogP contribution in [0.15, 0.2) is 54.7 Å². The highest BCUT2D eigenvalue weighted by Gasteiger charge is 2.21. The van der Waals surface area contributed by atoms with Crippen molar-refractivity contribution in [3.63, 3.8) is 0 Å². The molecule has 2 aromatic carbocycles. The Balaban J connectivity index is 2.00. The van der Waals surface area contributed by atoms with Crippen molar-refractivity contribution in [1.82, 2.24) is 4.98 Å². The lowest BCUT2D eigenvalue weighted by Gasteiger charge is -2.08. The summed E-state index contributed by atoms with van der Waals surface area (Å²) >= 11 is 0. The molecule has 0 fully saturated rings. The van der Waals surface area contributed by atoms with Gasteiger partial charge in [-0.3, -0.25) is 19.9 Å². The Bertz CT molecular complexity index is 922. The first kappa shape index (κ1) is 14.6. The largest absolute Gasteiger partial charge is 0.320 e. The summed E-state index contributed by atoms with van der Waals surface area (Å²) in [5, 5.41) is 14.4. The number of anilines is 1. The smallest absolute Gasteiger partial charge is 0.285 e. The molecule has 0 radical (unpaired) electrons. The molecule has 0 aliphatic rings. The molecule has 6 nitrogen and oxygen atoms in total. The predicted molar refractivity (Wildman–Crippen MR) is 82.8 cm³/mol. The molecule has 1 amide bonds. The average molecular weight is 311 g/mol. The molecular weight excluding hydrogens is 301 g/mol. The number of benzene rings is 2. The topological polar surface area (TPSA) is 85.1 Å². The van der Waals surface area contributed by atoms with Crippen molar-refractivity contribution in [1.29, 1.82) is 0 Å². The molecule has 1 aromatic heterocycles. The van der Waals surface area contributed by atoms with Crippen molar-refractivity contribution in [2.45, 2.75) is 0 Å². The van der Waals surface area contributed by atoms with Crippen molar-refractivity contribution in [3.05, 3.63) is 76.2 Å². The number of nitrogens with one attached hydrogen (secondary N) is 1. The van der Waals surface area contributed by atoms with Gasteiger partial charge < -0.3 is 5.32 Å². The van der Waals surface area contributed by atoms with Crippen LogP contribution in [0.1, 0.15) is 10.4 Å². The van der Waals surface area contributed by atoms with Crippen LogP contribution in [-0.2, 0) is 0 Å². The third kappa shape index (κ3) is 2.84. The van der Waals surface area contributed by atoms with E-state index in [4.69, 9.17) is 0 Å². The number of nitro benzene ring substituents is 1. The molecule has 0 bridgehead atoms. The second-order valence-electron chi connectivity index (χ2n) is 4.75. The molecule has 1 heterocycles. The molecule has 3 rings (SSSR count). The third-order valence-corrected chi connectivity index (χ3v) is 3.28. The van der Waals surface area contributed by atoms with Gasteiger partial charge in [-0.15, -0.1) is 0 Å². The molecule has 0 spiro atoms. The van der Waals surface area contributed by atoms with Crippen LogP contribution >= 0.6 is 0 Å². The quantitative estimate of drug-likeness (QED) is 0.592. The summed E-state index contributed by atoms with van der Waals surface area (Å²) in [6, 6.07) is 11.6. The maximum Gasteiger partial charge on any atom is 0.285 e. The Morgan fingerprint density at radius 1 is 1.17 bits per heavy atom. The first-order valence-electron chi connectivity index (χ1n) is 6.65. The van der Waals surface area contributed by atoms with Crippen molar-refractivity contribution < 1.29 is 14.1 Å². The van der Waals surface area contributed by atoms with Gasteiger partial charge >= 0.3 is 0 Å². The highest BCUT2D eigenvalue weighted by molar-refractivity contribution is 6.10. The van der Waals surface area contributed by atoms with Gasteiger partial charge in [0.05, 0.1) is 22.2 Å². The van der Waals surface area contributed by atoms with Crippen LogP contribution in [-0.4, -0.2) is 15.8 Å². The maximum absolute atomic E-state index is 13.2. The van der Waals surface area contributed by atoms with Crippen LogP contribution in [0.25, 0.3) is 10.9 Å². The minimum absolute atomic E-state index is 0.218. The fourth-order valence-electron chi connectivity index (χ4n) is 2.24. The van der Waals surface area contributed by atoms with Gasteiger partial charge in [-0.05, 0) is 24.3 Å². The number of halogens is 1. The number of hydrogen-bond donors (Lipinski definition) is 1. The van der Waals surface area contributed by atoms with Crippen LogP contribution in [0.4, 0.5) is 15.8 Å². The number of para-hydroxylation sites is 1. The molecule has 0 saturated carbocycles. The van der Waals surface area contributed by atoms with E-state index in [1.807, 2.05) is 12.1 Å². The van der Waals surface area contributed by atoms with Gasteiger partial charge in [-0.2, -0.15) is 0 Å². The monoisotopic (exact) mass is 311 g/mol. The lowest BCUT2D eigenvalue weighted by Crippen LogP contribution is -2.14. The molecule has 0 aliphatic carbocycles. The molecule has 23 heavy (non-hydrogen) atoms. The number of nitro groups is 1. The number of pyridine rings is 1. The Hall–Kier alpha value is -3.35. The predicted octanol–water partition coefficient (Wildman–Crippen LogP) is 3.53. The van der Waals surface area contributed by atoms with Crippen molar-refractivity contribution >= 4 is 28.2 Å². The molecule has 1 N–H and O–H groups in total. The second-order valence-corrected chi connectivity index (χ2v) is 4.75. The van der Waals surface area contributed by atoms with Crippen LogP contribution in [0.2, 0.25) is 0 Å². The van der Waals surface area contributed by atoms with Gasteiger partial charge in [0.25, 0.3) is 11.6 Å². The van der Waals surface area contributed by atoms with Crippen LogP contribution in [0.3, 0.4) is 0 Å². The zero-order chi connectivity index (χ0) is 16.4. The van der Waals surface area contributed by atoms with E-state index in [2.05, 4.69) is 10.3 Å². The highest BCUT2D eigenvalue weighted by Crippen LogP contribution is 2.24. The lowest BCUT2D eigenvalue weighted by molar-refractivity contribution is -0.385. The summed E-state index contributed by atoms with van der Waals surface area (Å²) in [6.07, 6.45) is 1.58. The van der Waals surface area contributed by atoms with Gasteiger partial charge in [-0.25, -0.2) is 4.39 Å². The van der Waals surface area contributed by atoms with E-state index < -0.39 is 22.3 Å². The van der Waals surface area contributed by atoms with Gasteiger partial charge in [0.15, 0.2) is 0 Å². The number of fused-ring (bicyclic) bond motifs is 1. The number of hydrogen-bond acceptors (Lipinski definition) is 4. The number of rotatable bonds is 3. The zero-order valence-electron chi connectivity index (χ0n) is 11.7. The number of carbonyl (C=O) groups is 1. The molecule has 0 atom stereocenters. The van der Waals surface area contributed by atoms with Crippen molar-refractivity contribution in [3.8, 4) is 0 Å². The van der Waals surface area contributed by atoms with Crippen molar-refractivity contribution in [2.75, 3.05) is 5.32 Å². The molecule has 114 valence electrons. The summed E-state index contributed by atoms with van der Waals surface area (Å²) in [4.78, 5) is 26.7. The van der Waals surface area contributed by atoms with E-state index in [0.717, 1.165) is 23.6 Å². The Morgan fingerprint density at radius 2 is 1.96 bits per heavy atom. The standard InChI is InChI=1S/C16H10FN3O3/c17-11-6-7-12(14(9-11)20(22)23)16(21)19-13-5-1-3-10-4-2-8-18-15(10)13/h1-9H,(H,19,21). The maximum atomic E-state index is 13.2. The number of carbonyl (C=O) groups excluding carboxylic acids is 1.